The second-order valence-electron chi connectivity index (χ2n) is 3.74. The van der Waals surface area contributed by atoms with Gasteiger partial charge in [-0.05, 0) is 17.7 Å². The van der Waals surface area contributed by atoms with Crippen LogP contribution in [0.5, 0.6) is 0 Å². The molecule has 0 aromatic heterocycles. The molecule has 0 radical (unpaired) electrons. The van der Waals surface area contributed by atoms with Gasteiger partial charge in [0.05, 0.1) is 10.7 Å². The lowest BCUT2D eigenvalue weighted by molar-refractivity contribution is -0.116. The van der Waals surface area contributed by atoms with Crippen LogP contribution in [0.25, 0.3) is 0 Å². The van der Waals surface area contributed by atoms with E-state index in [4.69, 9.17) is 23.2 Å². The first-order chi connectivity index (χ1) is 8.68. The van der Waals surface area contributed by atoms with Crippen LogP contribution >= 0.6 is 23.2 Å². The van der Waals surface area contributed by atoms with Crippen molar-refractivity contribution in [2.45, 2.75) is 5.38 Å². The molecule has 0 aliphatic heterocycles. The maximum Gasteiger partial charge on any atom is 0.247 e. The Morgan fingerprint density at radius 1 is 1.00 bits per heavy atom. The van der Waals surface area contributed by atoms with Crippen molar-refractivity contribution in [3.63, 3.8) is 0 Å². The molecule has 0 fully saturated rings. The monoisotopic (exact) mass is 279 g/mol. The van der Waals surface area contributed by atoms with E-state index in [1.54, 1.807) is 24.3 Å². The molecule has 0 bridgehead atoms. The average Bonchev–Trinajstić information content (AvgIpc) is 2.41. The molecule has 4 heteroatoms. The van der Waals surface area contributed by atoms with Crippen molar-refractivity contribution < 1.29 is 4.79 Å². The van der Waals surface area contributed by atoms with Crippen molar-refractivity contribution in [2.75, 3.05) is 5.32 Å². The van der Waals surface area contributed by atoms with Crippen molar-refractivity contribution >= 4 is 34.8 Å². The van der Waals surface area contributed by atoms with Gasteiger partial charge in [-0.3, -0.25) is 4.79 Å². The fraction of sp³-hybridized carbons (Fsp3) is 0.0714. The molecule has 1 amide bonds. The van der Waals surface area contributed by atoms with Gasteiger partial charge in [-0.1, -0.05) is 54.1 Å². The van der Waals surface area contributed by atoms with Crippen LogP contribution in [-0.4, -0.2) is 5.91 Å². The lowest BCUT2D eigenvalue weighted by atomic mass is 10.1. The molecule has 0 aliphatic carbocycles. The molecule has 0 heterocycles. The Morgan fingerprint density at radius 3 is 2.28 bits per heavy atom. The Labute approximate surface area is 116 Å². The van der Waals surface area contributed by atoms with Gasteiger partial charge in [-0.15, -0.1) is 11.6 Å². The van der Waals surface area contributed by atoms with E-state index < -0.39 is 5.38 Å². The van der Waals surface area contributed by atoms with Crippen molar-refractivity contribution in [3.8, 4) is 0 Å². The second-order valence-corrected chi connectivity index (χ2v) is 4.59. The Hall–Kier alpha value is -1.51. The van der Waals surface area contributed by atoms with E-state index in [0.29, 0.717) is 10.7 Å². The molecule has 0 spiro atoms. The molecular formula is C14H11Cl2NO. The number of anilines is 1. The summed E-state index contributed by atoms with van der Waals surface area (Å²) in [6.45, 7) is 0. The quantitative estimate of drug-likeness (QED) is 0.836. The van der Waals surface area contributed by atoms with Crippen molar-refractivity contribution in [3.05, 3.63) is 65.2 Å². The van der Waals surface area contributed by atoms with E-state index in [1.807, 2.05) is 30.3 Å². The van der Waals surface area contributed by atoms with E-state index in [0.717, 1.165) is 5.56 Å². The van der Waals surface area contributed by atoms with Crippen LogP contribution in [-0.2, 0) is 4.79 Å². The average molecular weight is 280 g/mol. The molecule has 2 nitrogen and oxygen atoms in total. The summed E-state index contributed by atoms with van der Waals surface area (Å²) in [6.07, 6.45) is 0. The molecule has 0 saturated heterocycles. The maximum absolute atomic E-state index is 12.0. The zero-order chi connectivity index (χ0) is 13.0. The minimum Gasteiger partial charge on any atom is -0.323 e. The van der Waals surface area contributed by atoms with Gasteiger partial charge in [0.2, 0.25) is 5.91 Å². The first-order valence-electron chi connectivity index (χ1n) is 5.43. The SMILES string of the molecule is O=C(Nc1ccccc1Cl)[C@H](Cl)c1ccccc1. The Balaban J connectivity index is 2.12. The van der Waals surface area contributed by atoms with Gasteiger partial charge in [-0.2, -0.15) is 0 Å². The van der Waals surface area contributed by atoms with Crippen molar-refractivity contribution in [2.24, 2.45) is 0 Å². The maximum atomic E-state index is 12.0. The fourth-order valence-corrected chi connectivity index (χ4v) is 1.92. The number of hydrogen-bond donors (Lipinski definition) is 1. The third kappa shape index (κ3) is 3.03. The summed E-state index contributed by atoms with van der Waals surface area (Å²) < 4.78 is 0. The highest BCUT2D eigenvalue weighted by molar-refractivity contribution is 6.35. The number of para-hydroxylation sites is 1. The summed E-state index contributed by atoms with van der Waals surface area (Å²) >= 11 is 12.1. The van der Waals surface area contributed by atoms with Gasteiger partial charge >= 0.3 is 0 Å². The molecule has 0 saturated carbocycles. The predicted octanol–water partition coefficient (Wildman–Crippen LogP) is 4.26. The predicted molar refractivity (Wildman–Crippen MR) is 75.1 cm³/mol. The summed E-state index contributed by atoms with van der Waals surface area (Å²) in [5, 5.41) is 2.46. The lowest BCUT2D eigenvalue weighted by Crippen LogP contribution is -2.17. The number of nitrogens with one attached hydrogen (secondary N) is 1. The molecule has 2 rings (SSSR count). The van der Waals surface area contributed by atoms with Crippen molar-refractivity contribution in [1.29, 1.82) is 0 Å². The minimum atomic E-state index is -0.734. The zero-order valence-corrected chi connectivity index (χ0v) is 10.9. The number of halogens is 2. The van der Waals surface area contributed by atoms with E-state index in [2.05, 4.69) is 5.32 Å². The van der Waals surface area contributed by atoms with Gasteiger partial charge in [0, 0.05) is 0 Å². The van der Waals surface area contributed by atoms with E-state index in [9.17, 15) is 4.79 Å². The van der Waals surface area contributed by atoms with Crippen LogP contribution in [0.3, 0.4) is 0 Å². The number of alkyl halides is 1. The number of rotatable bonds is 3. The van der Waals surface area contributed by atoms with Crippen LogP contribution in [0, 0.1) is 0 Å². The number of amides is 1. The third-order valence-electron chi connectivity index (χ3n) is 2.45. The Bertz CT molecular complexity index is 543. The van der Waals surface area contributed by atoms with Gasteiger partial charge in [0.1, 0.15) is 5.38 Å². The first kappa shape index (κ1) is 12.9. The summed E-state index contributed by atoms with van der Waals surface area (Å²) in [7, 11) is 0. The molecule has 1 N–H and O–H groups in total. The highest BCUT2D eigenvalue weighted by atomic mass is 35.5. The minimum absolute atomic E-state index is 0.295. The molecule has 0 unspecified atom stereocenters. The van der Waals surface area contributed by atoms with Gasteiger partial charge in [-0.25, -0.2) is 0 Å². The molecule has 0 aliphatic rings. The lowest BCUT2D eigenvalue weighted by Gasteiger charge is -2.11. The fourth-order valence-electron chi connectivity index (χ4n) is 1.53. The molecular weight excluding hydrogens is 269 g/mol. The molecule has 2 aromatic rings. The number of benzene rings is 2. The topological polar surface area (TPSA) is 29.1 Å². The molecule has 18 heavy (non-hydrogen) atoms. The summed E-state index contributed by atoms with van der Waals surface area (Å²) in [5.74, 6) is -0.295. The summed E-state index contributed by atoms with van der Waals surface area (Å²) in [6, 6.07) is 16.2. The molecule has 2 aromatic carbocycles. The van der Waals surface area contributed by atoms with E-state index >= 15 is 0 Å². The zero-order valence-electron chi connectivity index (χ0n) is 9.44. The first-order valence-corrected chi connectivity index (χ1v) is 6.24. The molecule has 92 valence electrons. The van der Waals surface area contributed by atoms with E-state index in [1.165, 1.54) is 0 Å². The standard InChI is InChI=1S/C14H11Cl2NO/c15-11-8-4-5-9-12(11)17-14(18)13(16)10-6-2-1-3-7-10/h1-9,13H,(H,17,18)/t13-/m1/s1. The van der Waals surface area contributed by atoms with Gasteiger partial charge in [0.25, 0.3) is 0 Å². The van der Waals surface area contributed by atoms with Gasteiger partial charge in [0.15, 0.2) is 0 Å². The van der Waals surface area contributed by atoms with Gasteiger partial charge < -0.3 is 5.32 Å². The second kappa shape index (κ2) is 5.89. The Kier molecular flexibility index (Phi) is 4.24. The number of carbonyl (C=O) groups is 1. The Morgan fingerprint density at radius 2 is 1.61 bits per heavy atom. The van der Waals surface area contributed by atoms with Crippen LogP contribution in [0.15, 0.2) is 54.6 Å². The number of hydrogen-bond acceptors (Lipinski definition) is 1. The number of carbonyl (C=O) groups excluding carboxylic acids is 1. The summed E-state index contributed by atoms with van der Waals surface area (Å²) in [4.78, 5) is 12.0. The summed E-state index contributed by atoms with van der Waals surface area (Å²) in [5.41, 5.74) is 1.31. The van der Waals surface area contributed by atoms with Crippen LogP contribution < -0.4 is 5.32 Å². The third-order valence-corrected chi connectivity index (χ3v) is 3.23. The highest BCUT2D eigenvalue weighted by Gasteiger charge is 2.17. The van der Waals surface area contributed by atoms with Crippen LogP contribution in [0.1, 0.15) is 10.9 Å². The van der Waals surface area contributed by atoms with Crippen molar-refractivity contribution in [1.82, 2.24) is 0 Å². The smallest absolute Gasteiger partial charge is 0.247 e. The largest absolute Gasteiger partial charge is 0.323 e. The van der Waals surface area contributed by atoms with Crippen LogP contribution in [0.4, 0.5) is 5.69 Å². The van der Waals surface area contributed by atoms with Crippen LogP contribution in [0.2, 0.25) is 5.02 Å². The highest BCUT2D eigenvalue weighted by Crippen LogP contribution is 2.25. The normalized spacial score (nSPS) is 11.9. The molecule has 1 atom stereocenters. The van der Waals surface area contributed by atoms with E-state index in [-0.39, 0.29) is 5.91 Å².